The molecule has 8 saturated carbocycles. The lowest BCUT2D eigenvalue weighted by Gasteiger charge is -2.51. The molecule has 0 amide bonds. The number of hydrogen-bond acceptors (Lipinski definition) is 5. The fourth-order valence-corrected chi connectivity index (χ4v) is 13.6. The molecule has 0 radical (unpaired) electrons. The van der Waals surface area contributed by atoms with Crippen molar-refractivity contribution < 1.29 is 23.9 Å². The molecule has 0 N–H and O–H groups in total. The maximum absolute atomic E-state index is 15.2. The van der Waals surface area contributed by atoms with Crippen LogP contribution in [0.4, 0.5) is 0 Å². The lowest BCUT2D eigenvalue weighted by molar-refractivity contribution is -0.171. The van der Waals surface area contributed by atoms with Gasteiger partial charge in [-0.3, -0.25) is 4.79 Å². The van der Waals surface area contributed by atoms with Gasteiger partial charge in [0.1, 0.15) is 17.0 Å². The molecule has 0 aromatic heterocycles. The summed E-state index contributed by atoms with van der Waals surface area (Å²) >= 11 is 0. The van der Waals surface area contributed by atoms with Crippen LogP contribution in [-0.2, 0) is 23.9 Å². The van der Waals surface area contributed by atoms with Crippen LogP contribution in [0.15, 0.2) is 24.3 Å². The zero-order valence-corrected chi connectivity index (χ0v) is 25.9. The summed E-state index contributed by atoms with van der Waals surface area (Å²) in [4.78, 5) is 41.0. The molecule has 5 heteroatoms. The summed E-state index contributed by atoms with van der Waals surface area (Å²) in [5, 5.41) is 0. The van der Waals surface area contributed by atoms with Gasteiger partial charge >= 0.3 is 11.9 Å². The van der Waals surface area contributed by atoms with Gasteiger partial charge in [-0.1, -0.05) is 13.2 Å². The van der Waals surface area contributed by atoms with Crippen molar-refractivity contribution in [1.29, 1.82) is 0 Å². The molecule has 0 aromatic rings. The largest absolute Gasteiger partial charge is 0.455 e. The van der Waals surface area contributed by atoms with Crippen LogP contribution in [0.1, 0.15) is 117 Å². The second kappa shape index (κ2) is 9.07. The SMILES string of the molecule is C=C(C)C(=O)OC12CCC(CC1C13CCC(CC1C(=O)C1CC4CCC1(C1CC5CCC1(OC(=O)C(=C)C)C5)C4)C3)C2. The first kappa shape index (κ1) is 27.6. The van der Waals surface area contributed by atoms with Crippen molar-refractivity contribution >= 4 is 17.7 Å². The van der Waals surface area contributed by atoms with E-state index < -0.39 is 11.2 Å². The number of ether oxygens (including phenoxy) is 2. The Balaban J connectivity index is 1.12. The number of rotatable bonds is 8. The van der Waals surface area contributed by atoms with E-state index in [0.29, 0.717) is 52.4 Å². The lowest BCUT2D eigenvalue weighted by atomic mass is 9.54. The lowest BCUT2D eigenvalue weighted by Crippen LogP contribution is -2.54. The number of Topliss-reactive ketones (excluding diaryl/α,β-unsaturated/α-hetero) is 1. The number of ketones is 1. The van der Waals surface area contributed by atoms with E-state index in [1.807, 2.05) is 0 Å². The van der Waals surface area contributed by atoms with E-state index in [9.17, 15) is 9.59 Å². The van der Waals surface area contributed by atoms with Crippen molar-refractivity contribution in [2.75, 3.05) is 0 Å². The van der Waals surface area contributed by atoms with Gasteiger partial charge in [-0.05, 0) is 151 Å². The summed E-state index contributed by atoms with van der Waals surface area (Å²) in [6.07, 6.45) is 17.4. The highest BCUT2D eigenvalue weighted by atomic mass is 16.6. The van der Waals surface area contributed by atoms with Crippen LogP contribution in [0.3, 0.4) is 0 Å². The van der Waals surface area contributed by atoms with E-state index in [4.69, 9.17) is 9.47 Å². The average Bonchev–Trinajstić information content (AvgIpc) is 3.81. The minimum absolute atomic E-state index is 0.0198. The van der Waals surface area contributed by atoms with E-state index >= 15 is 4.79 Å². The van der Waals surface area contributed by atoms with Gasteiger partial charge in [0.05, 0.1) is 0 Å². The fourth-order valence-electron chi connectivity index (χ4n) is 13.6. The third kappa shape index (κ3) is 3.63. The molecule has 8 aliphatic rings. The Morgan fingerprint density at radius 3 is 1.31 bits per heavy atom. The van der Waals surface area contributed by atoms with Gasteiger partial charge in [0.15, 0.2) is 0 Å². The molecule has 5 nitrogen and oxygen atoms in total. The molecule has 0 saturated heterocycles. The zero-order valence-electron chi connectivity index (χ0n) is 25.9. The maximum Gasteiger partial charge on any atom is 0.333 e. The minimum atomic E-state index is -0.407. The van der Waals surface area contributed by atoms with E-state index in [-0.39, 0.29) is 34.6 Å². The fraction of sp³-hybridized carbons (Fsp3) is 0.811. The second-order valence-corrected chi connectivity index (χ2v) is 16.9. The topological polar surface area (TPSA) is 69.7 Å². The Kier molecular flexibility index (Phi) is 5.96. The molecule has 8 fully saturated rings. The van der Waals surface area contributed by atoms with Crippen molar-refractivity contribution in [1.82, 2.24) is 0 Å². The smallest absolute Gasteiger partial charge is 0.333 e. The standard InChI is InChI=1S/C37H50O5/c1-21(2)32(39)41-36-11-7-25(19-36)15-29(36)34-9-5-23(17-34)13-27(34)31(38)28-14-24-6-10-35(28,18-24)30-16-26-8-12-37(30,20-26)42-33(40)22(3)4/h23-30H,1,3,5-20H2,2,4H3. The normalized spacial score (nSPS) is 50.9. The number of carbonyl (C=O) groups is 3. The van der Waals surface area contributed by atoms with Crippen LogP contribution in [0.5, 0.6) is 0 Å². The maximum atomic E-state index is 15.2. The Labute approximate surface area is 251 Å². The molecule has 0 spiro atoms. The van der Waals surface area contributed by atoms with Crippen LogP contribution in [0, 0.1) is 58.2 Å². The number of carbonyl (C=O) groups excluding carboxylic acids is 3. The highest BCUT2D eigenvalue weighted by Gasteiger charge is 2.72. The van der Waals surface area contributed by atoms with Crippen molar-refractivity contribution in [3.05, 3.63) is 24.3 Å². The molecular weight excluding hydrogens is 524 g/mol. The number of hydrogen-bond donors (Lipinski definition) is 0. The van der Waals surface area contributed by atoms with Crippen molar-refractivity contribution in [3.8, 4) is 0 Å². The summed E-state index contributed by atoms with van der Waals surface area (Å²) in [5.41, 5.74) is 0.111. The predicted octanol–water partition coefficient (Wildman–Crippen LogP) is 7.52. The molecule has 0 heterocycles. The number of fused-ring (bicyclic) bond motifs is 8. The third-order valence-electron chi connectivity index (χ3n) is 14.9. The van der Waals surface area contributed by atoms with Crippen molar-refractivity contribution in [3.63, 3.8) is 0 Å². The zero-order chi connectivity index (χ0) is 29.2. The van der Waals surface area contributed by atoms with E-state index in [0.717, 1.165) is 89.9 Å². The van der Waals surface area contributed by atoms with Crippen LogP contribution < -0.4 is 0 Å². The van der Waals surface area contributed by atoms with E-state index in [2.05, 4.69) is 13.2 Å². The molecule has 8 bridgehead atoms. The molecule has 12 unspecified atom stereocenters. The van der Waals surface area contributed by atoms with Gasteiger partial charge in [0.2, 0.25) is 0 Å². The minimum Gasteiger partial charge on any atom is -0.455 e. The highest BCUT2D eigenvalue weighted by molar-refractivity contribution is 5.88. The monoisotopic (exact) mass is 574 g/mol. The third-order valence-corrected chi connectivity index (χ3v) is 14.9. The molecule has 8 rings (SSSR count). The predicted molar refractivity (Wildman–Crippen MR) is 159 cm³/mol. The average molecular weight is 575 g/mol. The van der Waals surface area contributed by atoms with E-state index in [1.165, 1.54) is 12.8 Å². The molecule has 228 valence electrons. The van der Waals surface area contributed by atoms with Crippen molar-refractivity contribution in [2.24, 2.45) is 58.2 Å². The van der Waals surface area contributed by atoms with Gasteiger partial charge in [0, 0.05) is 34.8 Å². The van der Waals surface area contributed by atoms with Gasteiger partial charge in [-0.25, -0.2) is 9.59 Å². The Bertz CT molecular complexity index is 1170. The van der Waals surface area contributed by atoms with Gasteiger partial charge < -0.3 is 9.47 Å². The number of esters is 2. The van der Waals surface area contributed by atoms with Gasteiger partial charge in [-0.2, -0.15) is 0 Å². The summed E-state index contributed by atoms with van der Waals surface area (Å²) in [7, 11) is 0. The first-order valence-electron chi connectivity index (χ1n) is 17.3. The summed E-state index contributed by atoms with van der Waals surface area (Å²) in [5.74, 6) is 3.34. The van der Waals surface area contributed by atoms with E-state index in [1.54, 1.807) is 13.8 Å². The Hall–Kier alpha value is -1.91. The first-order chi connectivity index (χ1) is 20.0. The van der Waals surface area contributed by atoms with Crippen LogP contribution >= 0.6 is 0 Å². The highest BCUT2D eigenvalue weighted by Crippen LogP contribution is 2.74. The first-order valence-corrected chi connectivity index (χ1v) is 17.3. The summed E-state index contributed by atoms with van der Waals surface area (Å²) in [6, 6.07) is 0. The van der Waals surface area contributed by atoms with Gasteiger partial charge in [-0.15, -0.1) is 0 Å². The second-order valence-electron chi connectivity index (χ2n) is 16.9. The Morgan fingerprint density at radius 2 is 0.952 bits per heavy atom. The summed E-state index contributed by atoms with van der Waals surface area (Å²) in [6.45, 7) is 11.3. The van der Waals surface area contributed by atoms with Crippen molar-refractivity contribution in [2.45, 2.75) is 128 Å². The van der Waals surface area contributed by atoms with Crippen LogP contribution in [-0.4, -0.2) is 28.9 Å². The van der Waals surface area contributed by atoms with Crippen LogP contribution in [0.25, 0.3) is 0 Å². The van der Waals surface area contributed by atoms with Crippen LogP contribution in [0.2, 0.25) is 0 Å². The Morgan fingerprint density at radius 1 is 0.571 bits per heavy atom. The summed E-state index contributed by atoms with van der Waals surface area (Å²) < 4.78 is 12.8. The molecular formula is C37H50O5. The molecule has 12 atom stereocenters. The quantitative estimate of drug-likeness (QED) is 0.221. The molecule has 0 aliphatic heterocycles. The molecule has 8 aliphatic carbocycles. The molecule has 0 aromatic carbocycles. The molecule has 42 heavy (non-hydrogen) atoms. The van der Waals surface area contributed by atoms with Gasteiger partial charge in [0.25, 0.3) is 0 Å².